The highest BCUT2D eigenvalue weighted by atomic mass is 35.5. The van der Waals surface area contributed by atoms with Gasteiger partial charge in [0.15, 0.2) is 16.3 Å². The molecule has 1 atom stereocenters. The Bertz CT molecular complexity index is 1870. The van der Waals surface area contributed by atoms with E-state index >= 15 is 0 Å². The molecule has 0 bridgehead atoms. The Kier molecular flexibility index (Phi) is 8.51. The molecular weight excluding hydrogens is 576 g/mol. The van der Waals surface area contributed by atoms with E-state index in [2.05, 4.69) is 4.99 Å². The van der Waals surface area contributed by atoms with Gasteiger partial charge in [0.1, 0.15) is 18.4 Å². The smallest absolute Gasteiger partial charge is 0.338 e. The lowest BCUT2D eigenvalue weighted by molar-refractivity contribution is -0.136. The second-order valence-electron chi connectivity index (χ2n) is 9.64. The van der Waals surface area contributed by atoms with Crippen LogP contribution < -0.4 is 29.1 Å². The number of hydrogen-bond donors (Lipinski definition) is 0. The molecule has 0 spiro atoms. The van der Waals surface area contributed by atoms with Crippen LogP contribution in [0.1, 0.15) is 35.2 Å². The summed E-state index contributed by atoms with van der Waals surface area (Å²) in [4.78, 5) is 31.9. The fourth-order valence-corrected chi connectivity index (χ4v) is 6.02. The van der Waals surface area contributed by atoms with Crippen LogP contribution in [0.25, 0.3) is 6.08 Å². The molecule has 4 aromatic rings. The third-order valence-electron chi connectivity index (χ3n) is 6.91. The molecule has 2 heterocycles. The van der Waals surface area contributed by atoms with Crippen LogP contribution >= 0.6 is 22.9 Å². The van der Waals surface area contributed by atoms with Crippen LogP contribution in [0.2, 0.25) is 5.02 Å². The van der Waals surface area contributed by atoms with Gasteiger partial charge in [-0.1, -0.05) is 58.8 Å². The van der Waals surface area contributed by atoms with E-state index in [0.29, 0.717) is 49.5 Å². The Morgan fingerprint density at radius 3 is 2.38 bits per heavy atom. The van der Waals surface area contributed by atoms with E-state index in [1.54, 1.807) is 38.3 Å². The summed E-state index contributed by atoms with van der Waals surface area (Å²) in [6.07, 6.45) is 1.76. The average Bonchev–Trinajstić information content (AvgIpc) is 3.29. The van der Waals surface area contributed by atoms with Crippen molar-refractivity contribution in [2.45, 2.75) is 26.5 Å². The summed E-state index contributed by atoms with van der Waals surface area (Å²) in [5.41, 5.74) is 3.86. The van der Waals surface area contributed by atoms with Gasteiger partial charge in [-0.25, -0.2) is 9.79 Å². The summed E-state index contributed by atoms with van der Waals surface area (Å²) < 4.78 is 24.2. The number of benzene rings is 3. The van der Waals surface area contributed by atoms with Gasteiger partial charge >= 0.3 is 5.97 Å². The highest BCUT2D eigenvalue weighted by Crippen LogP contribution is 2.37. The van der Waals surface area contributed by atoms with Gasteiger partial charge in [0.2, 0.25) is 0 Å². The molecule has 5 rings (SSSR count). The zero-order valence-electron chi connectivity index (χ0n) is 23.8. The Hall–Kier alpha value is -4.34. The van der Waals surface area contributed by atoms with E-state index in [1.807, 2.05) is 49.4 Å². The van der Waals surface area contributed by atoms with Gasteiger partial charge in [-0.3, -0.25) is 9.36 Å². The van der Waals surface area contributed by atoms with Crippen molar-refractivity contribution in [3.05, 3.63) is 119 Å². The summed E-state index contributed by atoms with van der Waals surface area (Å²) in [5.74, 6) is 1.00. The third kappa shape index (κ3) is 5.70. The molecule has 216 valence electrons. The minimum Gasteiger partial charge on any atom is -0.496 e. The molecule has 10 heteroatoms. The Balaban J connectivity index is 1.57. The predicted octanol–water partition coefficient (Wildman–Crippen LogP) is 4.97. The minimum absolute atomic E-state index is 0.230. The number of carbonyl (C=O) groups excluding carboxylic acids is 1. The molecule has 0 aliphatic carbocycles. The molecule has 0 saturated heterocycles. The number of esters is 1. The van der Waals surface area contributed by atoms with Gasteiger partial charge in [0, 0.05) is 10.6 Å². The molecule has 42 heavy (non-hydrogen) atoms. The number of ether oxygens (including phenoxy) is 4. The Morgan fingerprint density at radius 1 is 0.976 bits per heavy atom. The van der Waals surface area contributed by atoms with E-state index in [9.17, 15) is 9.59 Å². The first-order chi connectivity index (χ1) is 20.2. The average molecular weight is 605 g/mol. The second kappa shape index (κ2) is 12.3. The topological polar surface area (TPSA) is 88.4 Å². The highest BCUT2D eigenvalue weighted by molar-refractivity contribution is 7.07. The minimum atomic E-state index is -0.850. The second-order valence-corrected chi connectivity index (χ2v) is 11.1. The van der Waals surface area contributed by atoms with Crippen molar-refractivity contribution in [1.82, 2.24) is 4.57 Å². The molecule has 1 aliphatic rings. The van der Waals surface area contributed by atoms with E-state index in [1.165, 1.54) is 35.7 Å². The number of carbonyl (C=O) groups is 1. The molecule has 0 saturated carbocycles. The van der Waals surface area contributed by atoms with Crippen molar-refractivity contribution in [3.63, 3.8) is 0 Å². The lowest BCUT2D eigenvalue weighted by Crippen LogP contribution is -2.40. The predicted molar refractivity (Wildman–Crippen MR) is 162 cm³/mol. The van der Waals surface area contributed by atoms with E-state index in [4.69, 9.17) is 30.5 Å². The van der Waals surface area contributed by atoms with Crippen LogP contribution in [0.5, 0.6) is 17.2 Å². The number of aryl methyl sites for hydroxylation is 1. The number of halogens is 1. The molecule has 0 unspecified atom stereocenters. The van der Waals surface area contributed by atoms with Crippen molar-refractivity contribution < 1.29 is 23.7 Å². The Morgan fingerprint density at radius 2 is 1.69 bits per heavy atom. The number of allylic oxidation sites excluding steroid dienone is 1. The SMILES string of the molecule is COC(=O)C1=C(C)N=c2s/c(=C\c3ccc(OCc4ccc(C)cc4)c(OC)c3)c(=O)n2[C@@H]1c1cc(Cl)ccc1OC. The summed E-state index contributed by atoms with van der Waals surface area (Å²) in [6, 6.07) is 17.8. The monoisotopic (exact) mass is 604 g/mol. The first-order valence-electron chi connectivity index (χ1n) is 13.0. The maximum atomic E-state index is 13.9. The maximum absolute atomic E-state index is 13.9. The molecule has 0 N–H and O–H groups in total. The van der Waals surface area contributed by atoms with Crippen LogP contribution in [-0.4, -0.2) is 31.9 Å². The molecule has 1 aromatic heterocycles. The van der Waals surface area contributed by atoms with Crippen molar-refractivity contribution in [2.24, 2.45) is 4.99 Å². The van der Waals surface area contributed by atoms with Crippen LogP contribution in [0.3, 0.4) is 0 Å². The molecule has 3 aromatic carbocycles. The first kappa shape index (κ1) is 29.2. The van der Waals surface area contributed by atoms with E-state index in [-0.39, 0.29) is 11.1 Å². The number of rotatable bonds is 8. The number of methoxy groups -OCH3 is 3. The number of fused-ring (bicyclic) bond motifs is 1. The van der Waals surface area contributed by atoms with E-state index in [0.717, 1.165) is 11.1 Å². The standard InChI is InChI=1S/C32H29ClN2O6S/c1-18-6-8-20(9-7-18)17-41-25-12-10-21(14-26(25)39-4)15-27-30(36)35-29(23-16-22(33)11-13-24(23)38-3)28(31(37)40-5)19(2)34-32(35)42-27/h6-16,29H,17H2,1-5H3/b27-15-/t29-/m1/s1. The van der Waals surface area contributed by atoms with Gasteiger partial charge in [-0.2, -0.15) is 0 Å². The summed E-state index contributed by atoms with van der Waals surface area (Å²) in [5, 5.41) is 0.434. The fraction of sp³-hybridized carbons (Fsp3) is 0.219. The van der Waals surface area contributed by atoms with Crippen LogP contribution in [0, 0.1) is 6.92 Å². The van der Waals surface area contributed by atoms with Crippen LogP contribution in [0.4, 0.5) is 0 Å². The lowest BCUT2D eigenvalue weighted by Gasteiger charge is -2.25. The zero-order chi connectivity index (χ0) is 30.0. The summed E-state index contributed by atoms with van der Waals surface area (Å²) >= 11 is 7.57. The Labute approximate surface area is 251 Å². The van der Waals surface area contributed by atoms with E-state index < -0.39 is 12.0 Å². The van der Waals surface area contributed by atoms with Gasteiger partial charge in [0.05, 0.1) is 37.1 Å². The van der Waals surface area contributed by atoms with Gasteiger partial charge in [0.25, 0.3) is 5.56 Å². The summed E-state index contributed by atoms with van der Waals surface area (Å²) in [6.45, 7) is 4.15. The van der Waals surface area contributed by atoms with Gasteiger partial charge in [-0.05, 0) is 61.4 Å². The van der Waals surface area contributed by atoms with Crippen molar-refractivity contribution >= 4 is 35.0 Å². The normalized spacial score (nSPS) is 14.7. The molecule has 8 nitrogen and oxygen atoms in total. The lowest BCUT2D eigenvalue weighted by atomic mass is 9.95. The van der Waals surface area contributed by atoms with Crippen LogP contribution in [0.15, 0.2) is 81.7 Å². The molecule has 1 aliphatic heterocycles. The molecule has 0 radical (unpaired) electrons. The quantitative estimate of drug-likeness (QED) is 0.264. The molecule has 0 amide bonds. The number of thiazole rings is 1. The molecule has 0 fully saturated rings. The van der Waals surface area contributed by atoms with Gasteiger partial charge in [-0.15, -0.1) is 0 Å². The first-order valence-corrected chi connectivity index (χ1v) is 14.2. The number of hydrogen-bond acceptors (Lipinski definition) is 8. The van der Waals surface area contributed by atoms with Crippen molar-refractivity contribution in [2.75, 3.05) is 21.3 Å². The highest BCUT2D eigenvalue weighted by Gasteiger charge is 2.35. The fourth-order valence-electron chi connectivity index (χ4n) is 4.80. The van der Waals surface area contributed by atoms with Crippen LogP contribution in [-0.2, 0) is 16.1 Å². The zero-order valence-corrected chi connectivity index (χ0v) is 25.3. The maximum Gasteiger partial charge on any atom is 0.338 e. The van der Waals surface area contributed by atoms with Crippen molar-refractivity contribution in [1.29, 1.82) is 0 Å². The number of nitrogens with zero attached hydrogens (tertiary/aromatic N) is 2. The summed E-state index contributed by atoms with van der Waals surface area (Å²) in [7, 11) is 4.38. The van der Waals surface area contributed by atoms with Crippen molar-refractivity contribution in [3.8, 4) is 17.2 Å². The van der Waals surface area contributed by atoms with Gasteiger partial charge < -0.3 is 18.9 Å². The molecular formula is C32H29ClN2O6S. The number of aromatic nitrogens is 1. The third-order valence-corrected chi connectivity index (χ3v) is 8.13. The largest absolute Gasteiger partial charge is 0.496 e.